The van der Waals surface area contributed by atoms with Gasteiger partial charge in [-0.2, -0.15) is 4.99 Å². The number of ether oxygens (including phenoxy) is 1. The van der Waals surface area contributed by atoms with E-state index in [0.29, 0.717) is 23.5 Å². The topological polar surface area (TPSA) is 86.7 Å². The first-order valence-corrected chi connectivity index (χ1v) is 8.74. The summed E-state index contributed by atoms with van der Waals surface area (Å²) in [4.78, 5) is 27.6. The molecule has 26 heavy (non-hydrogen) atoms. The average molecular weight is 371 g/mol. The number of benzene rings is 2. The molecule has 0 saturated heterocycles. The molecule has 134 valence electrons. The van der Waals surface area contributed by atoms with E-state index in [4.69, 9.17) is 4.74 Å². The molecular weight excluding hydrogens is 354 g/mol. The lowest BCUT2D eigenvalue weighted by atomic mass is 10.2. The highest BCUT2D eigenvalue weighted by molar-refractivity contribution is 7.16. The first kappa shape index (κ1) is 18.0. The quantitative estimate of drug-likeness (QED) is 0.508. The van der Waals surface area contributed by atoms with Crippen LogP contribution in [0.25, 0.3) is 10.2 Å². The summed E-state index contributed by atoms with van der Waals surface area (Å²) in [6.45, 7) is 3.09. The monoisotopic (exact) mass is 371 g/mol. The molecule has 3 rings (SSSR count). The van der Waals surface area contributed by atoms with Crippen molar-refractivity contribution in [2.75, 3.05) is 13.7 Å². The van der Waals surface area contributed by atoms with Crippen LogP contribution in [0.15, 0.2) is 47.5 Å². The van der Waals surface area contributed by atoms with Gasteiger partial charge in [-0.1, -0.05) is 23.5 Å². The van der Waals surface area contributed by atoms with Crippen LogP contribution in [0.1, 0.15) is 15.9 Å². The molecule has 0 aliphatic rings. The number of para-hydroxylation sites is 1. The molecule has 1 heterocycles. The number of hydrogen-bond acceptors (Lipinski definition) is 5. The summed E-state index contributed by atoms with van der Waals surface area (Å²) in [6.07, 6.45) is 0. The summed E-state index contributed by atoms with van der Waals surface area (Å²) in [6, 6.07) is 11.4. The number of hydrogen-bond donors (Lipinski definition) is 0. The Kier molecular flexibility index (Phi) is 5.24. The molecular formula is C18H17N3O4S. The molecule has 3 aromatic rings. The second-order valence-corrected chi connectivity index (χ2v) is 6.68. The van der Waals surface area contributed by atoms with Gasteiger partial charge in [0, 0.05) is 31.4 Å². The third-order valence-electron chi connectivity index (χ3n) is 3.94. The number of carbonyl (C=O) groups excluding carboxylic acids is 1. The number of thiazole rings is 1. The van der Waals surface area contributed by atoms with Gasteiger partial charge in [-0.3, -0.25) is 14.9 Å². The van der Waals surface area contributed by atoms with Crippen molar-refractivity contribution < 1.29 is 14.5 Å². The van der Waals surface area contributed by atoms with Gasteiger partial charge in [0.25, 0.3) is 11.6 Å². The standard InChI is InChI=1S/C18H17N3O4S/c1-12-4-3-5-15-16(12)20(10-11-25-2)18(26-15)19-17(22)13-6-8-14(9-7-13)21(23)24/h3-9H,10-11H2,1-2H3. The van der Waals surface area contributed by atoms with E-state index in [1.807, 2.05) is 29.7 Å². The fraction of sp³-hybridized carbons (Fsp3) is 0.222. The number of non-ortho nitro benzene ring substituents is 1. The highest BCUT2D eigenvalue weighted by atomic mass is 32.1. The number of nitrogens with zero attached hydrogens (tertiary/aromatic N) is 3. The summed E-state index contributed by atoms with van der Waals surface area (Å²) in [5, 5.41) is 10.7. The smallest absolute Gasteiger partial charge is 0.279 e. The number of rotatable bonds is 5. The number of nitro benzene ring substituents is 1. The number of aromatic nitrogens is 1. The number of aryl methyl sites for hydroxylation is 1. The van der Waals surface area contributed by atoms with E-state index in [1.165, 1.54) is 35.6 Å². The van der Waals surface area contributed by atoms with Crippen LogP contribution in [0.2, 0.25) is 0 Å². The summed E-state index contributed by atoms with van der Waals surface area (Å²) < 4.78 is 8.19. The minimum atomic E-state index is -0.501. The molecule has 2 aromatic carbocycles. The Morgan fingerprint density at radius 2 is 2.00 bits per heavy atom. The van der Waals surface area contributed by atoms with Crippen LogP contribution in [0.4, 0.5) is 5.69 Å². The summed E-state index contributed by atoms with van der Waals surface area (Å²) in [5.74, 6) is -0.435. The molecule has 0 N–H and O–H groups in total. The fourth-order valence-electron chi connectivity index (χ4n) is 2.66. The van der Waals surface area contributed by atoms with Crippen LogP contribution >= 0.6 is 11.3 Å². The maximum atomic E-state index is 12.5. The first-order valence-electron chi connectivity index (χ1n) is 7.92. The largest absolute Gasteiger partial charge is 0.383 e. The van der Waals surface area contributed by atoms with Crippen LogP contribution in [0, 0.1) is 17.0 Å². The molecule has 8 heteroatoms. The highest BCUT2D eigenvalue weighted by Crippen LogP contribution is 2.21. The van der Waals surface area contributed by atoms with Crippen molar-refractivity contribution in [2.45, 2.75) is 13.5 Å². The Morgan fingerprint density at radius 1 is 1.27 bits per heavy atom. The van der Waals surface area contributed by atoms with E-state index in [2.05, 4.69) is 4.99 Å². The van der Waals surface area contributed by atoms with Crippen LogP contribution in [-0.2, 0) is 11.3 Å². The van der Waals surface area contributed by atoms with Gasteiger partial charge < -0.3 is 9.30 Å². The maximum Gasteiger partial charge on any atom is 0.279 e. The van der Waals surface area contributed by atoms with Crippen molar-refractivity contribution >= 4 is 33.1 Å². The number of methoxy groups -OCH3 is 1. The second-order valence-electron chi connectivity index (χ2n) is 5.67. The zero-order chi connectivity index (χ0) is 18.7. The third kappa shape index (κ3) is 3.56. The molecule has 0 spiro atoms. The Balaban J connectivity index is 2.06. The first-order chi connectivity index (χ1) is 12.5. The van der Waals surface area contributed by atoms with E-state index >= 15 is 0 Å². The Labute approximate surface area is 153 Å². The van der Waals surface area contributed by atoms with Gasteiger partial charge in [0.15, 0.2) is 4.80 Å². The van der Waals surface area contributed by atoms with Gasteiger partial charge in [0.05, 0.1) is 21.7 Å². The van der Waals surface area contributed by atoms with E-state index in [0.717, 1.165) is 15.8 Å². The van der Waals surface area contributed by atoms with Crippen molar-refractivity contribution in [1.82, 2.24) is 4.57 Å². The molecule has 0 saturated carbocycles. The lowest BCUT2D eigenvalue weighted by Crippen LogP contribution is -2.19. The summed E-state index contributed by atoms with van der Waals surface area (Å²) in [5.41, 5.74) is 2.38. The van der Waals surface area contributed by atoms with Crippen molar-refractivity contribution in [3.8, 4) is 0 Å². The molecule has 1 amide bonds. The normalized spacial score (nSPS) is 11.8. The van der Waals surface area contributed by atoms with Gasteiger partial charge in [0.1, 0.15) is 0 Å². The summed E-state index contributed by atoms with van der Waals surface area (Å²) in [7, 11) is 1.63. The SMILES string of the molecule is COCCn1c(=NC(=O)c2ccc([N+](=O)[O-])cc2)sc2cccc(C)c21. The van der Waals surface area contributed by atoms with Crippen molar-refractivity contribution in [1.29, 1.82) is 0 Å². The van der Waals surface area contributed by atoms with E-state index in [1.54, 1.807) is 7.11 Å². The van der Waals surface area contributed by atoms with Crippen LogP contribution in [-0.4, -0.2) is 29.1 Å². The third-order valence-corrected chi connectivity index (χ3v) is 4.99. The molecule has 0 fully saturated rings. The number of fused-ring (bicyclic) bond motifs is 1. The minimum Gasteiger partial charge on any atom is -0.383 e. The van der Waals surface area contributed by atoms with Gasteiger partial charge >= 0.3 is 0 Å². The molecule has 0 aliphatic heterocycles. The van der Waals surface area contributed by atoms with E-state index in [9.17, 15) is 14.9 Å². The summed E-state index contributed by atoms with van der Waals surface area (Å²) >= 11 is 1.43. The van der Waals surface area contributed by atoms with E-state index < -0.39 is 10.8 Å². The van der Waals surface area contributed by atoms with Crippen LogP contribution in [0.3, 0.4) is 0 Å². The van der Waals surface area contributed by atoms with Crippen molar-refractivity contribution in [3.63, 3.8) is 0 Å². The second kappa shape index (κ2) is 7.59. The van der Waals surface area contributed by atoms with Gasteiger partial charge in [0.2, 0.25) is 0 Å². The Bertz CT molecular complexity index is 1030. The van der Waals surface area contributed by atoms with Crippen molar-refractivity contribution in [2.24, 2.45) is 4.99 Å². The van der Waals surface area contributed by atoms with Gasteiger partial charge in [-0.05, 0) is 30.7 Å². The zero-order valence-corrected chi connectivity index (χ0v) is 15.2. The molecule has 7 nitrogen and oxygen atoms in total. The average Bonchev–Trinajstić information content (AvgIpc) is 2.98. The van der Waals surface area contributed by atoms with Crippen LogP contribution in [0.5, 0.6) is 0 Å². The zero-order valence-electron chi connectivity index (χ0n) is 14.3. The van der Waals surface area contributed by atoms with E-state index in [-0.39, 0.29) is 5.69 Å². The van der Waals surface area contributed by atoms with Gasteiger partial charge in [-0.25, -0.2) is 0 Å². The number of amides is 1. The van der Waals surface area contributed by atoms with Gasteiger partial charge in [-0.15, -0.1) is 0 Å². The predicted molar refractivity (Wildman–Crippen MR) is 99.4 cm³/mol. The minimum absolute atomic E-state index is 0.0609. The predicted octanol–water partition coefficient (Wildman–Crippen LogP) is 3.31. The molecule has 0 bridgehead atoms. The molecule has 0 atom stereocenters. The molecule has 0 aliphatic carbocycles. The number of nitro groups is 1. The van der Waals surface area contributed by atoms with Crippen molar-refractivity contribution in [3.05, 3.63) is 68.5 Å². The maximum absolute atomic E-state index is 12.5. The highest BCUT2D eigenvalue weighted by Gasteiger charge is 2.12. The Morgan fingerprint density at radius 3 is 2.65 bits per heavy atom. The number of carbonyl (C=O) groups is 1. The molecule has 0 unspecified atom stereocenters. The van der Waals surface area contributed by atoms with Crippen LogP contribution < -0.4 is 4.80 Å². The molecule has 0 radical (unpaired) electrons. The Hall–Kier alpha value is -2.84. The fourth-order valence-corrected chi connectivity index (χ4v) is 3.79. The lowest BCUT2D eigenvalue weighted by Gasteiger charge is -2.06. The lowest BCUT2D eigenvalue weighted by molar-refractivity contribution is -0.384. The molecule has 1 aromatic heterocycles.